The minimum Gasteiger partial charge on any atom is -0.466 e. The molecule has 1 atom stereocenters. The van der Waals surface area contributed by atoms with E-state index in [9.17, 15) is 19.5 Å². The SMILES string of the molecule is O=C(CN1C(=O)CCC1=O)NCc1ccc(C(O)c2ccco2)s1. The van der Waals surface area contributed by atoms with Gasteiger partial charge in [-0.25, -0.2) is 0 Å². The summed E-state index contributed by atoms with van der Waals surface area (Å²) in [5.74, 6) is -0.552. The van der Waals surface area contributed by atoms with Crippen LogP contribution in [0, 0.1) is 0 Å². The third-order valence-corrected chi connectivity index (χ3v) is 4.82. The van der Waals surface area contributed by atoms with E-state index in [1.54, 1.807) is 24.3 Å². The van der Waals surface area contributed by atoms with Crippen LogP contribution in [0.25, 0.3) is 0 Å². The van der Waals surface area contributed by atoms with E-state index in [0.29, 0.717) is 10.6 Å². The van der Waals surface area contributed by atoms with Gasteiger partial charge in [0, 0.05) is 22.6 Å². The van der Waals surface area contributed by atoms with Gasteiger partial charge in [-0.05, 0) is 24.3 Å². The Morgan fingerprint density at radius 3 is 2.71 bits per heavy atom. The van der Waals surface area contributed by atoms with E-state index >= 15 is 0 Å². The fraction of sp³-hybridized carbons (Fsp3) is 0.312. The standard InChI is InChI=1S/C16H16N2O5S/c19-13(9-18-14(20)5-6-15(18)21)17-8-10-3-4-12(24-10)16(22)11-2-1-7-23-11/h1-4,7,16,22H,5-6,8-9H2,(H,17,19). The second-order valence-electron chi connectivity index (χ2n) is 5.37. The minimum absolute atomic E-state index is 0.172. The number of aliphatic hydroxyl groups is 1. The normalized spacial score (nSPS) is 15.8. The molecule has 3 rings (SSSR count). The van der Waals surface area contributed by atoms with Gasteiger partial charge in [-0.15, -0.1) is 11.3 Å². The predicted octanol–water partition coefficient (Wildman–Crippen LogP) is 1.19. The van der Waals surface area contributed by atoms with Crippen molar-refractivity contribution >= 4 is 29.1 Å². The maximum atomic E-state index is 11.9. The minimum atomic E-state index is -0.839. The number of furan rings is 1. The van der Waals surface area contributed by atoms with Crippen molar-refractivity contribution in [2.75, 3.05) is 6.54 Å². The second kappa shape index (κ2) is 6.98. The zero-order chi connectivity index (χ0) is 17.1. The Morgan fingerprint density at radius 2 is 2.04 bits per heavy atom. The highest BCUT2D eigenvalue weighted by Gasteiger charge is 2.30. The molecular formula is C16H16N2O5S. The number of carbonyl (C=O) groups excluding carboxylic acids is 3. The maximum absolute atomic E-state index is 11.9. The molecule has 0 bridgehead atoms. The number of nitrogens with zero attached hydrogens (tertiary/aromatic N) is 1. The van der Waals surface area contributed by atoms with Crippen LogP contribution in [0.2, 0.25) is 0 Å². The van der Waals surface area contributed by atoms with E-state index in [2.05, 4.69) is 5.32 Å². The number of likely N-dealkylation sites (tertiary alicyclic amines) is 1. The lowest BCUT2D eigenvalue weighted by molar-refractivity contribution is -0.142. The number of thiophene rings is 1. The molecule has 1 fully saturated rings. The van der Waals surface area contributed by atoms with Crippen molar-refractivity contribution < 1.29 is 23.9 Å². The molecule has 126 valence electrons. The molecule has 7 nitrogen and oxygen atoms in total. The molecule has 2 N–H and O–H groups in total. The number of hydrogen-bond donors (Lipinski definition) is 2. The second-order valence-corrected chi connectivity index (χ2v) is 6.57. The topological polar surface area (TPSA) is 99.9 Å². The van der Waals surface area contributed by atoms with Crippen molar-refractivity contribution in [3.63, 3.8) is 0 Å². The summed E-state index contributed by atoms with van der Waals surface area (Å²) in [6.07, 6.45) is 0.999. The fourth-order valence-corrected chi connectivity index (χ4v) is 3.35. The first-order valence-corrected chi connectivity index (χ1v) is 8.26. The molecule has 2 aromatic rings. The largest absolute Gasteiger partial charge is 0.466 e. The molecule has 1 aliphatic heterocycles. The molecule has 0 aromatic carbocycles. The van der Waals surface area contributed by atoms with Gasteiger partial charge >= 0.3 is 0 Å². The Bertz CT molecular complexity index is 736. The molecule has 8 heteroatoms. The molecule has 0 spiro atoms. The molecular weight excluding hydrogens is 332 g/mol. The lowest BCUT2D eigenvalue weighted by Gasteiger charge is -2.13. The van der Waals surface area contributed by atoms with E-state index in [1.807, 2.05) is 0 Å². The monoisotopic (exact) mass is 348 g/mol. The maximum Gasteiger partial charge on any atom is 0.240 e. The van der Waals surface area contributed by atoms with E-state index in [1.165, 1.54) is 17.6 Å². The third kappa shape index (κ3) is 3.55. The Morgan fingerprint density at radius 1 is 1.29 bits per heavy atom. The molecule has 0 saturated carbocycles. The van der Waals surface area contributed by atoms with Crippen molar-refractivity contribution in [3.05, 3.63) is 46.0 Å². The molecule has 3 amide bonds. The zero-order valence-electron chi connectivity index (χ0n) is 12.7. The highest BCUT2D eigenvalue weighted by atomic mass is 32.1. The van der Waals surface area contributed by atoms with Crippen LogP contribution in [0.1, 0.15) is 34.5 Å². The number of carbonyl (C=O) groups is 3. The Hall–Kier alpha value is -2.45. The molecule has 24 heavy (non-hydrogen) atoms. The molecule has 1 aliphatic rings. The van der Waals surface area contributed by atoms with Gasteiger partial charge in [0.15, 0.2) is 0 Å². The number of rotatable bonds is 6. The van der Waals surface area contributed by atoms with E-state index < -0.39 is 6.10 Å². The quantitative estimate of drug-likeness (QED) is 0.764. The number of imide groups is 1. The summed E-state index contributed by atoms with van der Waals surface area (Å²) in [5, 5.41) is 12.8. The van der Waals surface area contributed by atoms with Crippen LogP contribution in [0.4, 0.5) is 0 Å². The van der Waals surface area contributed by atoms with Crippen LogP contribution >= 0.6 is 11.3 Å². The predicted molar refractivity (Wildman–Crippen MR) is 84.9 cm³/mol. The van der Waals surface area contributed by atoms with Gasteiger partial charge < -0.3 is 14.8 Å². The van der Waals surface area contributed by atoms with Crippen molar-refractivity contribution in [1.29, 1.82) is 0 Å². The number of aliphatic hydroxyl groups excluding tert-OH is 1. The van der Waals surface area contributed by atoms with Gasteiger partial charge in [-0.1, -0.05) is 0 Å². The van der Waals surface area contributed by atoms with E-state index in [4.69, 9.17) is 4.42 Å². The molecule has 3 heterocycles. The van der Waals surface area contributed by atoms with Crippen molar-refractivity contribution in [1.82, 2.24) is 10.2 Å². The van der Waals surface area contributed by atoms with Crippen LogP contribution in [-0.4, -0.2) is 34.3 Å². The number of amides is 3. The summed E-state index contributed by atoms with van der Waals surface area (Å²) < 4.78 is 5.17. The first-order valence-electron chi connectivity index (χ1n) is 7.44. The van der Waals surface area contributed by atoms with Gasteiger partial charge in [0.05, 0.1) is 12.8 Å². The molecule has 0 radical (unpaired) electrons. The average molecular weight is 348 g/mol. The van der Waals surface area contributed by atoms with Crippen molar-refractivity contribution in [2.24, 2.45) is 0 Å². The van der Waals surface area contributed by atoms with Crippen LogP contribution in [0.3, 0.4) is 0 Å². The highest BCUT2D eigenvalue weighted by Crippen LogP contribution is 2.28. The number of nitrogens with one attached hydrogen (secondary N) is 1. The summed E-state index contributed by atoms with van der Waals surface area (Å²) >= 11 is 1.35. The lowest BCUT2D eigenvalue weighted by Crippen LogP contribution is -2.39. The summed E-state index contributed by atoms with van der Waals surface area (Å²) in [6.45, 7) is 0.0233. The average Bonchev–Trinajstić information content (AvgIpc) is 3.30. The van der Waals surface area contributed by atoms with Gasteiger partial charge in [0.25, 0.3) is 0 Å². The van der Waals surface area contributed by atoms with Gasteiger partial charge in [-0.3, -0.25) is 19.3 Å². The van der Waals surface area contributed by atoms with Crippen molar-refractivity contribution in [3.8, 4) is 0 Å². The molecule has 1 saturated heterocycles. The smallest absolute Gasteiger partial charge is 0.240 e. The summed E-state index contributed by atoms with van der Waals surface area (Å²) in [4.78, 5) is 37.4. The Balaban J connectivity index is 1.53. The third-order valence-electron chi connectivity index (χ3n) is 3.68. The first kappa shape index (κ1) is 16.4. The summed E-state index contributed by atoms with van der Waals surface area (Å²) in [6, 6.07) is 6.97. The van der Waals surface area contributed by atoms with Crippen molar-refractivity contribution in [2.45, 2.75) is 25.5 Å². The molecule has 0 aliphatic carbocycles. The van der Waals surface area contributed by atoms with Crippen LogP contribution in [0.5, 0.6) is 0 Å². The van der Waals surface area contributed by atoms with Crippen LogP contribution in [-0.2, 0) is 20.9 Å². The van der Waals surface area contributed by atoms with E-state index in [0.717, 1.165) is 9.78 Å². The lowest BCUT2D eigenvalue weighted by atomic mass is 10.2. The number of hydrogen-bond acceptors (Lipinski definition) is 6. The van der Waals surface area contributed by atoms with Gasteiger partial charge in [-0.2, -0.15) is 0 Å². The Kier molecular flexibility index (Phi) is 4.77. The summed E-state index contributed by atoms with van der Waals surface area (Å²) in [5.41, 5.74) is 0. The first-order chi connectivity index (χ1) is 11.5. The summed E-state index contributed by atoms with van der Waals surface area (Å²) in [7, 11) is 0. The molecule has 2 aromatic heterocycles. The van der Waals surface area contributed by atoms with Crippen LogP contribution < -0.4 is 5.32 Å². The highest BCUT2D eigenvalue weighted by molar-refractivity contribution is 7.12. The van der Waals surface area contributed by atoms with Gasteiger partial charge in [0.2, 0.25) is 17.7 Å². The Labute approximate surface area is 141 Å². The van der Waals surface area contributed by atoms with Gasteiger partial charge in [0.1, 0.15) is 18.4 Å². The molecule has 1 unspecified atom stereocenters. The van der Waals surface area contributed by atoms with E-state index in [-0.39, 0.29) is 43.7 Å². The zero-order valence-corrected chi connectivity index (χ0v) is 13.5. The van der Waals surface area contributed by atoms with Crippen LogP contribution in [0.15, 0.2) is 34.9 Å². The fourth-order valence-electron chi connectivity index (χ4n) is 2.41.